The Morgan fingerprint density at radius 2 is 1.93 bits per heavy atom. The molecule has 4 saturated carbocycles. The number of hydrogen-bond donors (Lipinski definition) is 2. The standard InChI is InChI=1S/C22H32ClFO4/c1-12-8-16-15-5-4-13-9-14(25)6-7-19(13,2)21(15,24)17(26)10-20(16,3)22(12,28)18(27)11-23/h12-13,15-17,26,28H,4-11H2,1-3H3/t12-,13-,15-,16-,17-,19-,20-,21-,22-/m0/s1. The quantitative estimate of drug-likeness (QED) is 0.678. The highest BCUT2D eigenvalue weighted by Crippen LogP contribution is 2.71. The molecular weight excluding hydrogens is 383 g/mol. The molecule has 0 aromatic carbocycles. The maximum absolute atomic E-state index is 17.0. The van der Waals surface area contributed by atoms with Crippen LogP contribution in [0, 0.1) is 34.5 Å². The van der Waals surface area contributed by atoms with E-state index >= 15 is 4.39 Å². The third-order valence-corrected chi connectivity index (χ3v) is 9.93. The number of alkyl halides is 2. The van der Waals surface area contributed by atoms with Crippen LogP contribution in [0.4, 0.5) is 4.39 Å². The predicted octanol–water partition coefficient (Wildman–Crippen LogP) is 3.45. The molecular formula is C22H32ClFO4. The van der Waals surface area contributed by atoms with Crippen molar-refractivity contribution in [1.82, 2.24) is 0 Å². The van der Waals surface area contributed by atoms with Crippen LogP contribution in [-0.2, 0) is 9.59 Å². The summed E-state index contributed by atoms with van der Waals surface area (Å²) in [5.74, 6) is -1.51. The third-order valence-electron chi connectivity index (χ3n) is 9.68. The fourth-order valence-electron chi connectivity index (χ4n) is 8.08. The van der Waals surface area contributed by atoms with Gasteiger partial charge < -0.3 is 10.2 Å². The topological polar surface area (TPSA) is 74.6 Å². The summed E-state index contributed by atoms with van der Waals surface area (Å²) >= 11 is 5.83. The molecule has 4 fully saturated rings. The number of halogens is 2. The number of rotatable bonds is 2. The molecule has 0 aromatic rings. The van der Waals surface area contributed by atoms with Gasteiger partial charge in [-0.1, -0.05) is 20.8 Å². The maximum atomic E-state index is 17.0. The number of Topliss-reactive ketones (excluding diaryl/α,β-unsaturated/α-hetero) is 2. The number of aliphatic hydroxyl groups excluding tert-OH is 1. The first-order valence-corrected chi connectivity index (χ1v) is 11.2. The van der Waals surface area contributed by atoms with Crippen molar-refractivity contribution < 1.29 is 24.2 Å². The first kappa shape index (κ1) is 20.7. The highest BCUT2D eigenvalue weighted by atomic mass is 35.5. The van der Waals surface area contributed by atoms with Crippen LogP contribution in [-0.4, -0.2) is 45.0 Å². The second-order valence-corrected chi connectivity index (χ2v) is 10.8. The summed E-state index contributed by atoms with van der Waals surface area (Å²) < 4.78 is 17.0. The van der Waals surface area contributed by atoms with E-state index in [0.29, 0.717) is 32.1 Å². The average Bonchev–Trinajstić information content (AvgIpc) is 2.84. The number of aliphatic hydroxyl groups is 2. The molecule has 2 N–H and O–H groups in total. The second kappa shape index (κ2) is 6.24. The zero-order valence-electron chi connectivity index (χ0n) is 17.0. The van der Waals surface area contributed by atoms with Crippen molar-refractivity contribution in [1.29, 1.82) is 0 Å². The van der Waals surface area contributed by atoms with E-state index in [2.05, 4.69) is 0 Å². The van der Waals surface area contributed by atoms with E-state index < -0.39 is 39.9 Å². The number of carbonyl (C=O) groups excluding carboxylic acids is 2. The monoisotopic (exact) mass is 414 g/mol. The van der Waals surface area contributed by atoms with Gasteiger partial charge in [-0.3, -0.25) is 9.59 Å². The van der Waals surface area contributed by atoms with Crippen LogP contribution in [0.25, 0.3) is 0 Å². The molecule has 0 heterocycles. The van der Waals surface area contributed by atoms with E-state index in [-0.39, 0.29) is 35.8 Å². The minimum Gasteiger partial charge on any atom is -0.390 e. The van der Waals surface area contributed by atoms with Crippen molar-refractivity contribution in [3.8, 4) is 0 Å². The lowest BCUT2D eigenvalue weighted by Crippen LogP contribution is -2.71. The zero-order valence-corrected chi connectivity index (χ0v) is 17.8. The fraction of sp³-hybridized carbons (Fsp3) is 0.909. The average molecular weight is 415 g/mol. The van der Waals surface area contributed by atoms with E-state index in [1.165, 1.54) is 0 Å². The molecule has 0 saturated heterocycles. The largest absolute Gasteiger partial charge is 0.390 e. The Morgan fingerprint density at radius 1 is 1.25 bits per heavy atom. The molecule has 4 rings (SSSR count). The lowest BCUT2D eigenvalue weighted by Gasteiger charge is -2.65. The molecule has 0 aromatic heterocycles. The summed E-state index contributed by atoms with van der Waals surface area (Å²) in [6.45, 7) is 5.59. The van der Waals surface area contributed by atoms with Crippen molar-refractivity contribution in [2.45, 2.75) is 83.1 Å². The number of ketones is 2. The molecule has 0 spiro atoms. The van der Waals surface area contributed by atoms with Gasteiger partial charge in [0.05, 0.1) is 12.0 Å². The van der Waals surface area contributed by atoms with Gasteiger partial charge in [-0.2, -0.15) is 0 Å². The Morgan fingerprint density at radius 3 is 2.57 bits per heavy atom. The summed E-state index contributed by atoms with van der Waals surface area (Å²) in [6, 6.07) is 0. The first-order valence-electron chi connectivity index (χ1n) is 10.7. The van der Waals surface area contributed by atoms with Crippen LogP contribution >= 0.6 is 11.6 Å². The molecule has 158 valence electrons. The SMILES string of the molecule is C[C@H]1C[C@H]2[C@@H]3CC[C@H]4CC(=O)CC[C@]4(C)[C@@]3(F)[C@@H](O)C[C@]2(C)[C@@]1(O)C(=O)CCl. The highest BCUT2D eigenvalue weighted by Gasteiger charge is 2.76. The predicted molar refractivity (Wildman–Crippen MR) is 104 cm³/mol. The number of carbonyl (C=O) groups is 2. The van der Waals surface area contributed by atoms with Crippen molar-refractivity contribution in [3.63, 3.8) is 0 Å². The van der Waals surface area contributed by atoms with Crippen LogP contribution < -0.4 is 0 Å². The molecule has 9 atom stereocenters. The van der Waals surface area contributed by atoms with Gasteiger partial charge in [-0.15, -0.1) is 11.6 Å². The molecule has 0 aliphatic heterocycles. The molecule has 6 heteroatoms. The zero-order chi connectivity index (χ0) is 20.7. The Kier molecular flexibility index (Phi) is 4.62. The molecule has 0 radical (unpaired) electrons. The van der Waals surface area contributed by atoms with E-state index in [0.717, 1.165) is 6.42 Å². The maximum Gasteiger partial charge on any atom is 0.179 e. The molecule has 4 aliphatic rings. The minimum atomic E-state index is -1.80. The van der Waals surface area contributed by atoms with Gasteiger partial charge in [0.25, 0.3) is 0 Å². The smallest absolute Gasteiger partial charge is 0.179 e. The van der Waals surface area contributed by atoms with Crippen LogP contribution in [0.5, 0.6) is 0 Å². The van der Waals surface area contributed by atoms with Gasteiger partial charge in [0.1, 0.15) is 17.1 Å². The van der Waals surface area contributed by atoms with Gasteiger partial charge in [0, 0.05) is 23.7 Å². The summed E-state index contributed by atoms with van der Waals surface area (Å²) in [5, 5.41) is 22.7. The lowest BCUT2D eigenvalue weighted by atomic mass is 9.42. The molecule has 28 heavy (non-hydrogen) atoms. The van der Waals surface area contributed by atoms with Crippen LogP contribution in [0.2, 0.25) is 0 Å². The molecule has 0 unspecified atom stereocenters. The van der Waals surface area contributed by atoms with Crippen molar-refractivity contribution in [2.75, 3.05) is 5.88 Å². The van der Waals surface area contributed by atoms with Gasteiger partial charge >= 0.3 is 0 Å². The second-order valence-electron chi connectivity index (χ2n) is 10.5. The first-order chi connectivity index (χ1) is 13.0. The van der Waals surface area contributed by atoms with Crippen molar-refractivity contribution in [3.05, 3.63) is 0 Å². The third kappa shape index (κ3) is 2.19. The highest BCUT2D eigenvalue weighted by molar-refractivity contribution is 6.29. The van der Waals surface area contributed by atoms with E-state index in [9.17, 15) is 19.8 Å². The number of fused-ring (bicyclic) bond motifs is 5. The summed E-state index contributed by atoms with van der Waals surface area (Å²) in [7, 11) is 0. The van der Waals surface area contributed by atoms with E-state index in [4.69, 9.17) is 11.6 Å². The molecule has 4 aliphatic carbocycles. The van der Waals surface area contributed by atoms with Crippen LogP contribution in [0.3, 0.4) is 0 Å². The van der Waals surface area contributed by atoms with Crippen LogP contribution in [0.15, 0.2) is 0 Å². The van der Waals surface area contributed by atoms with Gasteiger partial charge in [0.2, 0.25) is 0 Å². The Balaban J connectivity index is 1.79. The van der Waals surface area contributed by atoms with Crippen LogP contribution in [0.1, 0.15) is 65.7 Å². The Bertz CT molecular complexity index is 715. The summed E-state index contributed by atoms with van der Waals surface area (Å²) in [6.07, 6.45) is 1.90. The molecule has 4 nitrogen and oxygen atoms in total. The summed E-state index contributed by atoms with van der Waals surface area (Å²) in [4.78, 5) is 24.7. The van der Waals surface area contributed by atoms with Crippen molar-refractivity contribution >= 4 is 23.2 Å². The Hall–Kier alpha value is -0.520. The van der Waals surface area contributed by atoms with Gasteiger partial charge in [-0.05, 0) is 55.8 Å². The van der Waals surface area contributed by atoms with Gasteiger partial charge in [0.15, 0.2) is 5.78 Å². The number of hydrogen-bond acceptors (Lipinski definition) is 4. The summed E-state index contributed by atoms with van der Waals surface area (Å²) in [5.41, 5.74) is -5.07. The Labute approximate surface area is 171 Å². The normalized spacial score (nSPS) is 56.0. The molecule has 0 bridgehead atoms. The fourth-order valence-corrected chi connectivity index (χ4v) is 8.29. The van der Waals surface area contributed by atoms with E-state index in [1.54, 1.807) is 0 Å². The van der Waals surface area contributed by atoms with Crippen molar-refractivity contribution in [2.24, 2.45) is 34.5 Å². The molecule has 0 amide bonds. The lowest BCUT2D eigenvalue weighted by molar-refractivity contribution is -0.254. The van der Waals surface area contributed by atoms with E-state index in [1.807, 2.05) is 20.8 Å². The van der Waals surface area contributed by atoms with Gasteiger partial charge in [-0.25, -0.2) is 4.39 Å². The minimum absolute atomic E-state index is 0.0452.